The van der Waals surface area contributed by atoms with Crippen LogP contribution in [0.3, 0.4) is 0 Å². The second kappa shape index (κ2) is 6.24. The summed E-state index contributed by atoms with van der Waals surface area (Å²) < 4.78 is 0. The van der Waals surface area contributed by atoms with Gasteiger partial charge in [-0.25, -0.2) is 5.43 Å². The summed E-state index contributed by atoms with van der Waals surface area (Å²) in [5, 5.41) is 9.70. The summed E-state index contributed by atoms with van der Waals surface area (Å²) in [6.45, 7) is 0. The molecular weight excluding hydrogens is 212 g/mol. The number of nitrogens with two attached hydrogens (primary N) is 1. The third kappa shape index (κ3) is 3.60. The van der Waals surface area contributed by atoms with Crippen LogP contribution in [0.15, 0.2) is 0 Å². The summed E-state index contributed by atoms with van der Waals surface area (Å²) in [6.07, 6.45) is 12.7. The molecule has 4 N–H and O–H groups in total. The Bertz CT molecular complexity index is 242. The maximum atomic E-state index is 7.75. The van der Waals surface area contributed by atoms with Crippen molar-refractivity contribution in [3.8, 4) is 0 Å². The van der Waals surface area contributed by atoms with Gasteiger partial charge in [0, 0.05) is 12.1 Å². The predicted molar refractivity (Wildman–Crippen MR) is 70.6 cm³/mol. The van der Waals surface area contributed by atoms with E-state index < -0.39 is 0 Å². The number of hydrogen-bond acceptors (Lipinski definition) is 2. The van der Waals surface area contributed by atoms with Gasteiger partial charge in [0.05, 0.1) is 0 Å². The van der Waals surface area contributed by atoms with E-state index >= 15 is 0 Å². The highest BCUT2D eigenvalue weighted by Gasteiger charge is 2.25. The zero-order chi connectivity index (χ0) is 12.1. The lowest BCUT2D eigenvalue weighted by molar-refractivity contribution is 0.140. The van der Waals surface area contributed by atoms with E-state index in [9.17, 15) is 0 Å². The number of nitrogens with zero attached hydrogens (tertiary/aromatic N) is 1. The van der Waals surface area contributed by atoms with Crippen molar-refractivity contribution in [3.05, 3.63) is 0 Å². The Hall–Kier alpha value is -0.770. The van der Waals surface area contributed by atoms with E-state index in [1.165, 1.54) is 64.2 Å². The van der Waals surface area contributed by atoms with Crippen molar-refractivity contribution >= 4 is 5.96 Å². The van der Waals surface area contributed by atoms with Crippen molar-refractivity contribution in [1.82, 2.24) is 10.4 Å². The number of hydrazine groups is 1. The molecule has 4 nitrogen and oxygen atoms in total. The van der Waals surface area contributed by atoms with E-state index in [1.807, 2.05) is 5.01 Å². The smallest absolute Gasteiger partial charge is 0.203 e. The van der Waals surface area contributed by atoms with Crippen molar-refractivity contribution in [3.63, 3.8) is 0 Å². The summed E-state index contributed by atoms with van der Waals surface area (Å²) in [5.41, 5.74) is 9.24. The largest absolute Gasteiger partial charge is 0.369 e. The summed E-state index contributed by atoms with van der Waals surface area (Å²) in [5.74, 6) is 0.197. The van der Waals surface area contributed by atoms with Crippen molar-refractivity contribution in [1.29, 1.82) is 5.41 Å². The van der Waals surface area contributed by atoms with Gasteiger partial charge in [0.25, 0.3) is 0 Å². The molecule has 0 atom stereocenters. The molecule has 2 aliphatic rings. The highest BCUT2D eigenvalue weighted by Crippen LogP contribution is 2.23. The Labute approximate surface area is 104 Å². The molecule has 17 heavy (non-hydrogen) atoms. The van der Waals surface area contributed by atoms with Crippen molar-refractivity contribution < 1.29 is 0 Å². The zero-order valence-corrected chi connectivity index (χ0v) is 10.8. The van der Waals surface area contributed by atoms with Crippen LogP contribution in [0.2, 0.25) is 0 Å². The van der Waals surface area contributed by atoms with E-state index in [2.05, 4.69) is 5.43 Å². The third-order valence-electron chi connectivity index (χ3n) is 4.13. The first kappa shape index (κ1) is 12.7. The molecule has 0 amide bonds. The van der Waals surface area contributed by atoms with Crippen LogP contribution in [0.25, 0.3) is 0 Å². The van der Waals surface area contributed by atoms with Gasteiger partial charge in [-0.2, -0.15) is 0 Å². The van der Waals surface area contributed by atoms with Gasteiger partial charge >= 0.3 is 0 Å². The average Bonchev–Trinajstić information content (AvgIpc) is 2.38. The first-order valence-electron chi connectivity index (χ1n) is 7.17. The lowest BCUT2D eigenvalue weighted by atomic mass is 9.94. The van der Waals surface area contributed by atoms with Gasteiger partial charge in [-0.1, -0.05) is 38.5 Å². The van der Waals surface area contributed by atoms with E-state index in [-0.39, 0.29) is 5.96 Å². The van der Waals surface area contributed by atoms with Crippen LogP contribution in [-0.2, 0) is 0 Å². The fourth-order valence-corrected chi connectivity index (χ4v) is 3.14. The first-order chi connectivity index (χ1) is 8.27. The lowest BCUT2D eigenvalue weighted by Gasteiger charge is -2.38. The molecule has 0 bridgehead atoms. The van der Waals surface area contributed by atoms with Crippen molar-refractivity contribution in [2.45, 2.75) is 76.3 Å². The quantitative estimate of drug-likeness (QED) is 0.402. The molecular formula is C13H26N4. The maximum Gasteiger partial charge on any atom is 0.203 e. The van der Waals surface area contributed by atoms with Crippen LogP contribution in [-0.4, -0.2) is 23.1 Å². The molecule has 0 aromatic heterocycles. The number of rotatable bonds is 3. The predicted octanol–water partition coefficient (Wildman–Crippen LogP) is 2.35. The van der Waals surface area contributed by atoms with Crippen LogP contribution < -0.4 is 11.2 Å². The van der Waals surface area contributed by atoms with E-state index in [0.717, 1.165) is 0 Å². The minimum atomic E-state index is 0.197. The molecule has 0 saturated heterocycles. The molecule has 0 heterocycles. The minimum absolute atomic E-state index is 0.197. The molecule has 2 saturated carbocycles. The third-order valence-corrected chi connectivity index (χ3v) is 4.13. The molecule has 0 aliphatic heterocycles. The summed E-state index contributed by atoms with van der Waals surface area (Å²) in [6, 6.07) is 0.984. The standard InChI is InChI=1S/C13H26N4/c14-13(15)17(12-9-5-2-6-10-12)16-11-7-3-1-4-8-11/h11-12,16H,1-10H2,(H3,14,15). The SMILES string of the molecule is N=C(N)N(NC1CCCCC1)C1CCCCC1. The monoisotopic (exact) mass is 238 g/mol. The number of nitrogens with one attached hydrogen (secondary N) is 2. The summed E-state index contributed by atoms with van der Waals surface area (Å²) in [4.78, 5) is 0. The highest BCUT2D eigenvalue weighted by molar-refractivity contribution is 5.74. The van der Waals surface area contributed by atoms with Gasteiger partial charge in [0.15, 0.2) is 0 Å². The van der Waals surface area contributed by atoms with Gasteiger partial charge in [-0.05, 0) is 25.7 Å². The number of hydrogen-bond donors (Lipinski definition) is 3. The lowest BCUT2D eigenvalue weighted by Crippen LogP contribution is -2.56. The van der Waals surface area contributed by atoms with Crippen LogP contribution in [0, 0.1) is 5.41 Å². The topological polar surface area (TPSA) is 65.1 Å². The Morgan fingerprint density at radius 3 is 2.00 bits per heavy atom. The normalized spacial score (nSPS) is 23.5. The molecule has 2 rings (SSSR count). The minimum Gasteiger partial charge on any atom is -0.369 e. The Balaban J connectivity index is 1.88. The van der Waals surface area contributed by atoms with E-state index in [0.29, 0.717) is 12.1 Å². The molecule has 0 aromatic rings. The Morgan fingerprint density at radius 2 is 1.47 bits per heavy atom. The summed E-state index contributed by atoms with van der Waals surface area (Å²) >= 11 is 0. The second-order valence-electron chi connectivity index (χ2n) is 5.51. The van der Waals surface area contributed by atoms with Crippen LogP contribution >= 0.6 is 0 Å². The Kier molecular flexibility index (Phi) is 4.66. The average molecular weight is 238 g/mol. The molecule has 0 radical (unpaired) electrons. The molecule has 2 fully saturated rings. The molecule has 0 unspecified atom stereocenters. The molecule has 2 aliphatic carbocycles. The van der Waals surface area contributed by atoms with Crippen LogP contribution in [0.5, 0.6) is 0 Å². The fourth-order valence-electron chi connectivity index (χ4n) is 3.14. The second-order valence-corrected chi connectivity index (χ2v) is 5.51. The van der Waals surface area contributed by atoms with Gasteiger partial charge in [-0.3, -0.25) is 10.4 Å². The van der Waals surface area contributed by atoms with Gasteiger partial charge in [0.2, 0.25) is 5.96 Å². The van der Waals surface area contributed by atoms with E-state index in [4.69, 9.17) is 11.1 Å². The molecule has 0 spiro atoms. The number of guanidine groups is 1. The highest BCUT2D eigenvalue weighted by atomic mass is 15.6. The molecule has 98 valence electrons. The van der Waals surface area contributed by atoms with Gasteiger partial charge < -0.3 is 5.73 Å². The zero-order valence-electron chi connectivity index (χ0n) is 10.8. The fraction of sp³-hybridized carbons (Fsp3) is 0.923. The van der Waals surface area contributed by atoms with E-state index in [1.54, 1.807) is 0 Å². The Morgan fingerprint density at radius 1 is 0.941 bits per heavy atom. The molecule has 4 heteroatoms. The van der Waals surface area contributed by atoms with Gasteiger partial charge in [0.1, 0.15) is 0 Å². The van der Waals surface area contributed by atoms with Crippen LogP contribution in [0.4, 0.5) is 0 Å². The summed E-state index contributed by atoms with van der Waals surface area (Å²) in [7, 11) is 0. The van der Waals surface area contributed by atoms with Gasteiger partial charge in [-0.15, -0.1) is 0 Å². The van der Waals surface area contributed by atoms with Crippen LogP contribution in [0.1, 0.15) is 64.2 Å². The van der Waals surface area contributed by atoms with Crippen molar-refractivity contribution in [2.24, 2.45) is 5.73 Å². The van der Waals surface area contributed by atoms with Crippen molar-refractivity contribution in [2.75, 3.05) is 0 Å². The first-order valence-corrected chi connectivity index (χ1v) is 7.17. The maximum absolute atomic E-state index is 7.75. The molecule has 0 aromatic carbocycles.